The second kappa shape index (κ2) is 9.45. The Morgan fingerprint density at radius 3 is 2.59 bits per heavy atom. The molecule has 1 aliphatic heterocycles. The summed E-state index contributed by atoms with van der Waals surface area (Å²) in [5, 5.41) is 9.73. The van der Waals surface area contributed by atoms with Crippen LogP contribution in [0.3, 0.4) is 0 Å². The normalized spacial score (nSPS) is 17.5. The van der Waals surface area contributed by atoms with Crippen LogP contribution in [-0.2, 0) is 21.7 Å². The summed E-state index contributed by atoms with van der Waals surface area (Å²) in [6.45, 7) is 3.39. The standard InChI is InChI=1S/C27H28ClNO3/c1-19-6-3-4-7-24(19)20-8-13-25-21(16-20)18-32-27(25,22-9-11-23(28)12-10-22)14-5-15-29(2)17-26(30)31/h3-4,6-13,16H,5,14-15,17-18H2,1-2H3,(H,30,31). The van der Waals surface area contributed by atoms with Gasteiger partial charge in [0.1, 0.15) is 5.60 Å². The number of nitrogens with zero attached hydrogens (tertiary/aromatic N) is 1. The van der Waals surface area contributed by atoms with Crippen LogP contribution < -0.4 is 0 Å². The summed E-state index contributed by atoms with van der Waals surface area (Å²) in [4.78, 5) is 12.8. The Hall–Kier alpha value is -2.66. The Kier molecular flexibility index (Phi) is 6.66. The molecule has 32 heavy (non-hydrogen) atoms. The van der Waals surface area contributed by atoms with Crippen LogP contribution in [0.25, 0.3) is 11.1 Å². The first kappa shape index (κ1) is 22.5. The van der Waals surface area contributed by atoms with Gasteiger partial charge >= 0.3 is 5.97 Å². The molecule has 166 valence electrons. The molecule has 0 saturated heterocycles. The van der Waals surface area contributed by atoms with Gasteiger partial charge in [-0.2, -0.15) is 0 Å². The molecule has 0 radical (unpaired) electrons. The largest absolute Gasteiger partial charge is 0.480 e. The number of likely N-dealkylation sites (N-methyl/N-ethyl adjacent to an activating group) is 1. The summed E-state index contributed by atoms with van der Waals surface area (Å²) in [7, 11) is 1.83. The van der Waals surface area contributed by atoms with Gasteiger partial charge in [-0.3, -0.25) is 9.69 Å². The molecule has 0 saturated carbocycles. The number of aliphatic carboxylic acids is 1. The van der Waals surface area contributed by atoms with Crippen molar-refractivity contribution in [1.29, 1.82) is 0 Å². The fourth-order valence-corrected chi connectivity index (χ4v) is 4.79. The molecule has 0 fully saturated rings. The lowest BCUT2D eigenvalue weighted by molar-refractivity contribution is -0.138. The smallest absolute Gasteiger partial charge is 0.317 e. The van der Waals surface area contributed by atoms with E-state index in [1.165, 1.54) is 27.8 Å². The van der Waals surface area contributed by atoms with Crippen LogP contribution in [0.2, 0.25) is 5.02 Å². The predicted octanol–water partition coefficient (Wildman–Crippen LogP) is 5.89. The van der Waals surface area contributed by atoms with Crippen molar-refractivity contribution in [2.45, 2.75) is 32.0 Å². The second-order valence-electron chi connectivity index (χ2n) is 8.54. The summed E-state index contributed by atoms with van der Waals surface area (Å²) in [5.74, 6) is -0.814. The molecule has 5 heteroatoms. The minimum Gasteiger partial charge on any atom is -0.480 e. The van der Waals surface area contributed by atoms with Crippen molar-refractivity contribution in [3.05, 3.63) is 94.0 Å². The van der Waals surface area contributed by atoms with Crippen molar-refractivity contribution >= 4 is 17.6 Å². The minimum absolute atomic E-state index is 0.0329. The van der Waals surface area contributed by atoms with Crippen molar-refractivity contribution in [3.8, 4) is 11.1 Å². The Morgan fingerprint density at radius 2 is 1.88 bits per heavy atom. The van der Waals surface area contributed by atoms with Gasteiger partial charge in [-0.1, -0.05) is 60.1 Å². The van der Waals surface area contributed by atoms with E-state index >= 15 is 0 Å². The molecule has 0 amide bonds. The predicted molar refractivity (Wildman–Crippen MR) is 128 cm³/mol. The number of hydrogen-bond acceptors (Lipinski definition) is 3. The van der Waals surface area contributed by atoms with E-state index in [1.807, 2.05) is 36.2 Å². The van der Waals surface area contributed by atoms with Crippen molar-refractivity contribution in [2.24, 2.45) is 0 Å². The maximum absolute atomic E-state index is 11.0. The van der Waals surface area contributed by atoms with Gasteiger partial charge in [0.15, 0.2) is 0 Å². The first-order valence-electron chi connectivity index (χ1n) is 10.9. The number of fused-ring (bicyclic) bond motifs is 1. The minimum atomic E-state index is -0.814. The lowest BCUT2D eigenvalue weighted by Gasteiger charge is -2.31. The number of rotatable bonds is 8. The molecule has 0 spiro atoms. The van der Waals surface area contributed by atoms with E-state index in [2.05, 4.69) is 49.4 Å². The summed E-state index contributed by atoms with van der Waals surface area (Å²) in [6.07, 6.45) is 1.57. The fraction of sp³-hybridized carbons (Fsp3) is 0.296. The van der Waals surface area contributed by atoms with Gasteiger partial charge in [0, 0.05) is 5.02 Å². The third-order valence-electron chi connectivity index (χ3n) is 6.25. The van der Waals surface area contributed by atoms with E-state index in [0.29, 0.717) is 18.2 Å². The Balaban J connectivity index is 1.67. The molecule has 4 nitrogen and oxygen atoms in total. The summed E-state index contributed by atoms with van der Waals surface area (Å²) >= 11 is 6.16. The number of benzene rings is 3. The van der Waals surface area contributed by atoms with E-state index in [9.17, 15) is 4.79 Å². The first-order chi connectivity index (χ1) is 15.4. The zero-order chi connectivity index (χ0) is 22.7. The van der Waals surface area contributed by atoms with Gasteiger partial charge in [-0.05, 0) is 84.9 Å². The second-order valence-corrected chi connectivity index (χ2v) is 8.98. The van der Waals surface area contributed by atoms with Crippen molar-refractivity contribution in [3.63, 3.8) is 0 Å². The fourth-order valence-electron chi connectivity index (χ4n) is 4.67. The zero-order valence-electron chi connectivity index (χ0n) is 18.5. The van der Waals surface area contributed by atoms with Gasteiger partial charge in [0.25, 0.3) is 0 Å². The van der Waals surface area contributed by atoms with E-state index in [1.54, 1.807) is 0 Å². The van der Waals surface area contributed by atoms with Crippen LogP contribution in [-0.4, -0.2) is 36.1 Å². The molecular weight excluding hydrogens is 422 g/mol. The van der Waals surface area contributed by atoms with Crippen molar-refractivity contribution < 1.29 is 14.6 Å². The summed E-state index contributed by atoms with van der Waals surface area (Å²) in [5.41, 5.74) is 6.56. The topological polar surface area (TPSA) is 49.8 Å². The molecule has 3 aromatic rings. The Bertz CT molecular complexity index is 1110. The van der Waals surface area contributed by atoms with Crippen molar-refractivity contribution in [1.82, 2.24) is 4.90 Å². The highest BCUT2D eigenvalue weighted by molar-refractivity contribution is 6.30. The number of aryl methyl sites for hydroxylation is 1. The molecule has 1 heterocycles. The quantitative estimate of drug-likeness (QED) is 0.466. The van der Waals surface area contributed by atoms with Crippen LogP contribution in [0.4, 0.5) is 0 Å². The van der Waals surface area contributed by atoms with E-state index in [4.69, 9.17) is 21.4 Å². The number of carboxylic acid groups (broad SMARTS) is 1. The highest BCUT2D eigenvalue weighted by Gasteiger charge is 2.41. The molecule has 1 unspecified atom stereocenters. The number of halogens is 1. The molecule has 0 aliphatic carbocycles. The molecule has 1 atom stereocenters. The van der Waals surface area contributed by atoms with Crippen LogP contribution >= 0.6 is 11.6 Å². The average molecular weight is 450 g/mol. The molecule has 1 aliphatic rings. The molecule has 3 aromatic carbocycles. The lowest BCUT2D eigenvalue weighted by Crippen LogP contribution is -2.31. The number of carboxylic acids is 1. The highest BCUT2D eigenvalue weighted by atomic mass is 35.5. The van der Waals surface area contributed by atoms with Crippen LogP contribution in [0.15, 0.2) is 66.7 Å². The monoisotopic (exact) mass is 449 g/mol. The maximum Gasteiger partial charge on any atom is 0.317 e. The SMILES string of the molecule is Cc1ccccc1-c1ccc2c(c1)COC2(CCCN(C)CC(=O)O)c1ccc(Cl)cc1. The summed E-state index contributed by atoms with van der Waals surface area (Å²) in [6, 6.07) is 22.9. The van der Waals surface area contributed by atoms with Gasteiger partial charge in [0.05, 0.1) is 13.2 Å². The molecule has 0 bridgehead atoms. The van der Waals surface area contributed by atoms with Gasteiger partial charge in [0.2, 0.25) is 0 Å². The highest BCUT2D eigenvalue weighted by Crippen LogP contribution is 2.46. The zero-order valence-corrected chi connectivity index (χ0v) is 19.2. The third-order valence-corrected chi connectivity index (χ3v) is 6.51. The number of hydrogen-bond donors (Lipinski definition) is 1. The third kappa shape index (κ3) is 4.58. The van der Waals surface area contributed by atoms with E-state index < -0.39 is 11.6 Å². The van der Waals surface area contributed by atoms with E-state index in [-0.39, 0.29) is 6.54 Å². The molecule has 0 aromatic heterocycles. The Labute approximate surface area is 194 Å². The van der Waals surface area contributed by atoms with Crippen LogP contribution in [0.1, 0.15) is 35.1 Å². The van der Waals surface area contributed by atoms with Crippen molar-refractivity contribution in [2.75, 3.05) is 20.1 Å². The van der Waals surface area contributed by atoms with E-state index in [0.717, 1.165) is 18.4 Å². The molecular formula is C27H28ClNO3. The number of ether oxygens (including phenoxy) is 1. The maximum atomic E-state index is 11.0. The lowest BCUT2D eigenvalue weighted by atomic mass is 9.81. The van der Waals surface area contributed by atoms with Gasteiger partial charge in [-0.25, -0.2) is 0 Å². The molecule has 1 N–H and O–H groups in total. The van der Waals surface area contributed by atoms with Gasteiger partial charge < -0.3 is 9.84 Å². The number of carbonyl (C=O) groups is 1. The van der Waals surface area contributed by atoms with Crippen LogP contribution in [0.5, 0.6) is 0 Å². The van der Waals surface area contributed by atoms with Gasteiger partial charge in [-0.15, -0.1) is 0 Å². The summed E-state index contributed by atoms with van der Waals surface area (Å²) < 4.78 is 6.54. The molecule has 4 rings (SSSR count). The van der Waals surface area contributed by atoms with Crippen LogP contribution in [0, 0.1) is 6.92 Å². The Morgan fingerprint density at radius 1 is 1.12 bits per heavy atom. The average Bonchev–Trinajstić information content (AvgIpc) is 3.13. The first-order valence-corrected chi connectivity index (χ1v) is 11.3.